The van der Waals surface area contributed by atoms with Crippen molar-refractivity contribution in [3.8, 4) is 5.75 Å². The van der Waals surface area contributed by atoms with Crippen LogP contribution in [0.2, 0.25) is 0 Å². The highest BCUT2D eigenvalue weighted by molar-refractivity contribution is 5.88. The van der Waals surface area contributed by atoms with E-state index in [1.54, 1.807) is 41.7 Å². The summed E-state index contributed by atoms with van der Waals surface area (Å²) in [5.41, 5.74) is -3.77. The molecule has 3 heterocycles. The highest BCUT2D eigenvalue weighted by atomic mass is 16.7. The topological polar surface area (TPSA) is 218 Å². The second kappa shape index (κ2) is 24.5. The Labute approximate surface area is 422 Å². The standard InChI is InChI=1S/C54H89N3O14/c1-16-42-54(11,64)46(59)35(7)57(23-17-22-55-49(61)32(4)37-18-19-39-26-40(65-14)21-20-38(39)25-37)29-30(2)27-52(9,63)48(71-51-44(58)41(56(12)13)24-31(3)67-51)33(5)45(34(6)50(62)69-42)70-43-28-53(10,66-15)47(60)36(8)68-43/h18-21,25-26,30-36,41-48,51,58-60,63-64H,16-17,22-24,27-29H2,1-15H3,(H,55,61)/t30-,31-,32-,33+,34-,35-,36+,41+,42-,43+,44-,45+,46-,47+,48-,51+,52-,53-,54-/m1/s1. The van der Waals surface area contributed by atoms with Crippen LogP contribution in [0.5, 0.6) is 5.75 Å². The van der Waals surface area contributed by atoms with Crippen molar-refractivity contribution in [2.45, 2.75) is 204 Å². The zero-order valence-electron chi connectivity index (χ0n) is 45.2. The molecule has 6 N–H and O–H groups in total. The third-order valence-electron chi connectivity index (χ3n) is 15.9. The van der Waals surface area contributed by atoms with E-state index in [0.29, 0.717) is 32.5 Å². The van der Waals surface area contributed by atoms with Crippen LogP contribution in [-0.4, -0.2) is 185 Å². The molecule has 3 fully saturated rings. The molecule has 404 valence electrons. The van der Waals surface area contributed by atoms with Gasteiger partial charge >= 0.3 is 5.97 Å². The largest absolute Gasteiger partial charge is 0.497 e. The molecule has 0 bridgehead atoms. The molecule has 17 heteroatoms. The number of nitrogens with one attached hydrogen (secondary N) is 1. The van der Waals surface area contributed by atoms with Gasteiger partial charge in [-0.3, -0.25) is 14.5 Å². The van der Waals surface area contributed by atoms with Gasteiger partial charge in [0, 0.05) is 51.2 Å². The number of amides is 1. The number of hydrogen-bond donors (Lipinski definition) is 6. The highest BCUT2D eigenvalue weighted by Crippen LogP contribution is 2.40. The quantitative estimate of drug-likeness (QED) is 0.111. The van der Waals surface area contributed by atoms with E-state index >= 15 is 0 Å². The maximum Gasteiger partial charge on any atom is 0.311 e. The maximum absolute atomic E-state index is 14.6. The van der Waals surface area contributed by atoms with Gasteiger partial charge in [0.15, 0.2) is 12.6 Å². The molecular formula is C54H89N3O14. The normalized spacial score (nSPS) is 39.8. The van der Waals surface area contributed by atoms with Gasteiger partial charge in [-0.25, -0.2) is 0 Å². The first-order valence-corrected chi connectivity index (χ1v) is 25.8. The van der Waals surface area contributed by atoms with Crippen molar-refractivity contribution in [1.29, 1.82) is 0 Å². The van der Waals surface area contributed by atoms with Gasteiger partial charge in [-0.2, -0.15) is 0 Å². The number of ether oxygens (including phenoxy) is 7. The van der Waals surface area contributed by atoms with Gasteiger partial charge in [-0.1, -0.05) is 45.0 Å². The summed E-state index contributed by atoms with van der Waals surface area (Å²) in [4.78, 5) is 32.1. The van der Waals surface area contributed by atoms with E-state index in [-0.39, 0.29) is 43.2 Å². The Morgan fingerprint density at radius 3 is 2.23 bits per heavy atom. The molecule has 0 aromatic heterocycles. The fourth-order valence-corrected chi connectivity index (χ4v) is 11.3. The zero-order chi connectivity index (χ0) is 52.9. The number of aliphatic hydroxyl groups excluding tert-OH is 3. The minimum Gasteiger partial charge on any atom is -0.497 e. The van der Waals surface area contributed by atoms with Crippen molar-refractivity contribution < 1.29 is 68.3 Å². The fraction of sp³-hybridized carbons (Fsp3) is 0.778. The number of rotatable bonds is 14. The number of nitrogens with zero attached hydrogens (tertiary/aromatic N) is 2. The Bertz CT molecular complexity index is 2040. The van der Waals surface area contributed by atoms with Crippen molar-refractivity contribution in [2.24, 2.45) is 17.8 Å². The van der Waals surface area contributed by atoms with Gasteiger partial charge in [0.2, 0.25) is 5.91 Å². The van der Waals surface area contributed by atoms with Crippen molar-refractivity contribution in [3.05, 3.63) is 42.0 Å². The number of esters is 1. The molecule has 3 aliphatic rings. The number of cyclic esters (lactones) is 1. The van der Waals surface area contributed by atoms with Crippen LogP contribution in [0.15, 0.2) is 36.4 Å². The number of aliphatic hydroxyl groups is 5. The Morgan fingerprint density at radius 1 is 0.930 bits per heavy atom. The van der Waals surface area contributed by atoms with Crippen molar-refractivity contribution in [2.75, 3.05) is 47.9 Å². The lowest BCUT2D eigenvalue weighted by Crippen LogP contribution is -2.60. The summed E-state index contributed by atoms with van der Waals surface area (Å²) < 4.78 is 43.5. The maximum atomic E-state index is 14.6. The van der Waals surface area contributed by atoms with E-state index in [2.05, 4.69) is 5.32 Å². The Hall–Kier alpha value is -3.04. The van der Waals surface area contributed by atoms with Crippen LogP contribution in [-0.2, 0) is 38.0 Å². The molecule has 0 saturated carbocycles. The van der Waals surface area contributed by atoms with Crippen molar-refractivity contribution >= 4 is 22.6 Å². The predicted molar refractivity (Wildman–Crippen MR) is 270 cm³/mol. The van der Waals surface area contributed by atoms with E-state index in [9.17, 15) is 35.1 Å². The second-order valence-electron chi connectivity index (χ2n) is 22.1. The first-order valence-electron chi connectivity index (χ1n) is 25.8. The summed E-state index contributed by atoms with van der Waals surface area (Å²) in [6.07, 6.45) is -8.58. The summed E-state index contributed by atoms with van der Waals surface area (Å²) in [6.45, 7) is 20.5. The van der Waals surface area contributed by atoms with Gasteiger partial charge in [-0.05, 0) is 130 Å². The van der Waals surface area contributed by atoms with Gasteiger partial charge < -0.3 is 68.9 Å². The lowest BCUT2D eigenvalue weighted by Gasteiger charge is -2.48. The molecule has 3 aliphatic heterocycles. The minimum atomic E-state index is -1.93. The number of likely N-dealkylation sites (N-methyl/N-ethyl adjacent to an activating group) is 1. The average Bonchev–Trinajstić information content (AvgIpc) is 3.32. The molecule has 0 aliphatic carbocycles. The highest BCUT2D eigenvalue weighted by Gasteiger charge is 2.53. The molecule has 5 rings (SSSR count). The number of fused-ring (bicyclic) bond motifs is 1. The predicted octanol–water partition coefficient (Wildman–Crippen LogP) is 4.74. The molecule has 0 spiro atoms. The van der Waals surface area contributed by atoms with Crippen LogP contribution in [0.4, 0.5) is 0 Å². The average molecular weight is 1000 g/mol. The van der Waals surface area contributed by atoms with Crippen LogP contribution in [0.3, 0.4) is 0 Å². The molecule has 2 aromatic carbocycles. The van der Waals surface area contributed by atoms with E-state index in [1.165, 1.54) is 14.0 Å². The SMILES string of the molecule is CC[C@H]1OC(=O)[C@H](C)[C@@H](O[C@H]2C[C@@](C)(OC)[C@@H](O)[C@H](C)O2)[C@H](C)[C@@H](O[C@@H]2O[C@H](C)C[C@H](N(C)C)[C@H]2O)[C@](C)(O)C[C@@H](C)CN(CCCNC(=O)[C@H](C)c2ccc3cc(OC)ccc3c2)[C@H](C)[C@@H](O)[C@]1(C)O. The Kier molecular flexibility index (Phi) is 20.3. The second-order valence-corrected chi connectivity index (χ2v) is 22.1. The van der Waals surface area contributed by atoms with E-state index in [1.807, 2.05) is 94.9 Å². The third-order valence-corrected chi connectivity index (χ3v) is 15.9. The molecule has 71 heavy (non-hydrogen) atoms. The minimum absolute atomic E-state index is 0.0983. The zero-order valence-corrected chi connectivity index (χ0v) is 45.2. The van der Waals surface area contributed by atoms with Gasteiger partial charge in [0.05, 0.1) is 54.6 Å². The van der Waals surface area contributed by atoms with Crippen LogP contribution in [0.1, 0.15) is 120 Å². The first kappa shape index (κ1) is 58.8. The molecule has 19 atom stereocenters. The van der Waals surface area contributed by atoms with Crippen LogP contribution in [0.25, 0.3) is 10.8 Å². The number of hydrogen-bond acceptors (Lipinski definition) is 16. The van der Waals surface area contributed by atoms with E-state index in [0.717, 1.165) is 22.1 Å². The van der Waals surface area contributed by atoms with Gasteiger partial charge in [-0.15, -0.1) is 0 Å². The molecule has 1 amide bonds. The smallest absolute Gasteiger partial charge is 0.311 e. The monoisotopic (exact) mass is 1000 g/mol. The molecular weight excluding hydrogens is 915 g/mol. The molecule has 0 radical (unpaired) electrons. The fourth-order valence-electron chi connectivity index (χ4n) is 11.3. The lowest BCUT2D eigenvalue weighted by atomic mass is 9.77. The summed E-state index contributed by atoms with van der Waals surface area (Å²) in [5.74, 6) is -2.69. The molecule has 17 nitrogen and oxygen atoms in total. The molecule has 0 unspecified atom stereocenters. The van der Waals surface area contributed by atoms with Gasteiger partial charge in [0.1, 0.15) is 35.8 Å². The number of methoxy groups -OCH3 is 2. The summed E-state index contributed by atoms with van der Waals surface area (Å²) in [5, 5.41) is 65.3. The van der Waals surface area contributed by atoms with Crippen molar-refractivity contribution in [1.82, 2.24) is 15.1 Å². The number of carbonyl (C=O) groups excluding carboxylic acids is 2. The van der Waals surface area contributed by atoms with E-state index < -0.39 is 102 Å². The number of benzene rings is 2. The summed E-state index contributed by atoms with van der Waals surface area (Å²) in [7, 11) is 6.89. The first-order chi connectivity index (χ1) is 33.2. The Balaban J connectivity index is 1.47. The summed E-state index contributed by atoms with van der Waals surface area (Å²) >= 11 is 0. The van der Waals surface area contributed by atoms with Crippen LogP contribution >= 0.6 is 0 Å². The van der Waals surface area contributed by atoms with Crippen LogP contribution in [0, 0.1) is 17.8 Å². The van der Waals surface area contributed by atoms with Crippen LogP contribution < -0.4 is 10.1 Å². The van der Waals surface area contributed by atoms with Gasteiger partial charge in [0.25, 0.3) is 0 Å². The van der Waals surface area contributed by atoms with Crippen molar-refractivity contribution in [3.63, 3.8) is 0 Å². The Morgan fingerprint density at radius 2 is 1.59 bits per heavy atom. The third kappa shape index (κ3) is 13.8. The molecule has 3 saturated heterocycles. The summed E-state index contributed by atoms with van der Waals surface area (Å²) in [6, 6.07) is 10.8. The van der Waals surface area contributed by atoms with E-state index in [4.69, 9.17) is 33.2 Å². The lowest BCUT2D eigenvalue weighted by molar-refractivity contribution is -0.318. The number of carbonyl (C=O) groups is 2. The molecule has 2 aromatic rings.